The molecule has 0 heterocycles. The summed E-state index contributed by atoms with van der Waals surface area (Å²) in [5.41, 5.74) is 0. The van der Waals surface area contributed by atoms with Crippen LogP contribution < -0.4 is 0 Å². The average Bonchev–Trinajstić information content (AvgIpc) is 1.65. The Bertz CT molecular complexity index is 77.8. The lowest BCUT2D eigenvalue weighted by Gasteiger charge is -1.96. The number of aliphatic hydroxyl groups excluding tert-OH is 1. The van der Waals surface area contributed by atoms with Crippen molar-refractivity contribution in [3.05, 3.63) is 7.66 Å². The molecule has 0 saturated carbocycles. The Labute approximate surface area is 70.5 Å². The molecule has 0 aromatic heterocycles. The molecule has 0 spiro atoms. The Morgan fingerprint density at radius 3 is 2.29 bits per heavy atom. The third kappa shape index (κ3) is 3.72. The highest BCUT2D eigenvalue weighted by Crippen LogP contribution is 2.12. The lowest BCUT2D eigenvalue weighted by Crippen LogP contribution is -1.96. The van der Waals surface area contributed by atoms with E-state index in [2.05, 4.69) is 45.2 Å². The van der Waals surface area contributed by atoms with E-state index in [4.69, 9.17) is 5.11 Å². The smallest absolute Gasteiger partial charge is 0.0823 e. The second kappa shape index (κ2) is 4.08. The van der Waals surface area contributed by atoms with Crippen LogP contribution in [0.1, 0.15) is 6.92 Å². The van der Waals surface area contributed by atoms with Crippen LogP contribution in [0.2, 0.25) is 0 Å². The predicted octanol–water partition coefficient (Wildman–Crippen LogP) is 2.08. The maximum absolute atomic E-state index is 8.74. The van der Waals surface area contributed by atoms with Crippen molar-refractivity contribution in [3.8, 4) is 0 Å². The zero-order valence-corrected chi connectivity index (χ0v) is 8.17. The maximum atomic E-state index is 8.74. The minimum Gasteiger partial charge on any atom is -0.388 e. The van der Waals surface area contributed by atoms with Crippen molar-refractivity contribution in [2.75, 3.05) is 0 Å². The first-order valence-corrected chi connectivity index (χ1v) is 4.14. The van der Waals surface area contributed by atoms with Crippen LogP contribution in [0, 0.1) is 0 Å². The fourth-order valence-electron chi connectivity index (χ4n) is 0.0912. The number of rotatable bonds is 1. The van der Waals surface area contributed by atoms with E-state index in [-0.39, 0.29) is 6.10 Å². The number of aliphatic hydroxyl groups is 1. The van der Waals surface area contributed by atoms with E-state index in [1.165, 1.54) is 0 Å². The molecule has 0 aromatic rings. The Morgan fingerprint density at radius 1 is 1.86 bits per heavy atom. The van der Waals surface area contributed by atoms with Crippen LogP contribution in [-0.4, -0.2) is 11.2 Å². The fourth-order valence-corrected chi connectivity index (χ4v) is 0.612. The summed E-state index contributed by atoms with van der Waals surface area (Å²) in [6.45, 7) is 1.75. The summed E-state index contributed by atoms with van der Waals surface area (Å²) in [4.78, 5) is 0. The van der Waals surface area contributed by atoms with E-state index >= 15 is 0 Å². The highest BCUT2D eigenvalue weighted by molar-refractivity contribution is 14.1. The van der Waals surface area contributed by atoms with Crippen LogP contribution in [0.5, 0.6) is 0 Å². The van der Waals surface area contributed by atoms with E-state index in [0.717, 1.165) is 3.58 Å². The molecular weight excluding hydrogens is 318 g/mol. The molecule has 0 bridgehead atoms. The summed E-state index contributed by atoms with van der Waals surface area (Å²) in [6, 6.07) is 0. The van der Waals surface area contributed by atoms with Gasteiger partial charge in [0.2, 0.25) is 0 Å². The van der Waals surface area contributed by atoms with Crippen molar-refractivity contribution < 1.29 is 5.11 Å². The zero-order chi connectivity index (χ0) is 5.86. The van der Waals surface area contributed by atoms with Crippen molar-refractivity contribution in [2.24, 2.45) is 0 Å². The van der Waals surface area contributed by atoms with Crippen molar-refractivity contribution in [1.29, 1.82) is 0 Å². The molecule has 0 aliphatic heterocycles. The first kappa shape index (κ1) is 8.16. The van der Waals surface area contributed by atoms with Gasteiger partial charge in [-0.15, -0.1) is 0 Å². The third-order valence-electron chi connectivity index (χ3n) is 0.503. The molecule has 1 unspecified atom stereocenters. The minimum atomic E-state index is -0.294. The molecule has 0 amide bonds. The van der Waals surface area contributed by atoms with Gasteiger partial charge >= 0.3 is 0 Å². The van der Waals surface area contributed by atoms with E-state index < -0.39 is 0 Å². The van der Waals surface area contributed by atoms with Gasteiger partial charge in [-0.3, -0.25) is 0 Å². The standard InChI is InChI=1S/C4H6I2O/c1-3(7)4(6)2-5/h2-3,7H,1H3/b4-2+. The van der Waals surface area contributed by atoms with Crippen molar-refractivity contribution in [3.63, 3.8) is 0 Å². The number of hydrogen-bond acceptors (Lipinski definition) is 1. The van der Waals surface area contributed by atoms with Gasteiger partial charge in [-0.25, -0.2) is 0 Å². The Balaban J connectivity index is 3.56. The number of hydrogen-bond donors (Lipinski definition) is 1. The van der Waals surface area contributed by atoms with Gasteiger partial charge in [-0.05, 0) is 33.6 Å². The van der Waals surface area contributed by atoms with Gasteiger partial charge in [-0.2, -0.15) is 0 Å². The summed E-state index contributed by atoms with van der Waals surface area (Å²) < 4.78 is 2.85. The summed E-state index contributed by atoms with van der Waals surface area (Å²) in [7, 11) is 0. The molecule has 0 aliphatic carbocycles. The van der Waals surface area contributed by atoms with Crippen molar-refractivity contribution in [2.45, 2.75) is 13.0 Å². The molecule has 0 aromatic carbocycles. The van der Waals surface area contributed by atoms with Gasteiger partial charge in [0, 0.05) is 3.58 Å². The molecule has 0 rings (SSSR count). The molecule has 0 radical (unpaired) electrons. The van der Waals surface area contributed by atoms with Gasteiger partial charge in [0.1, 0.15) is 0 Å². The van der Waals surface area contributed by atoms with Gasteiger partial charge in [0.25, 0.3) is 0 Å². The molecule has 0 aliphatic rings. The van der Waals surface area contributed by atoms with Crippen LogP contribution in [0.3, 0.4) is 0 Å². The fraction of sp³-hybridized carbons (Fsp3) is 0.500. The van der Waals surface area contributed by atoms with E-state index in [1.807, 2.05) is 4.08 Å². The molecular formula is C4H6I2O. The third-order valence-corrected chi connectivity index (χ3v) is 3.58. The average molecular weight is 324 g/mol. The molecule has 1 N–H and O–H groups in total. The molecule has 0 saturated heterocycles. The summed E-state index contributed by atoms with van der Waals surface area (Å²) in [5.74, 6) is 0. The van der Waals surface area contributed by atoms with Crippen LogP contribution in [0.25, 0.3) is 0 Å². The van der Waals surface area contributed by atoms with Crippen LogP contribution >= 0.6 is 45.2 Å². The molecule has 42 valence electrons. The van der Waals surface area contributed by atoms with Crippen LogP contribution in [0.15, 0.2) is 7.66 Å². The Morgan fingerprint density at radius 2 is 2.29 bits per heavy atom. The number of halogens is 2. The van der Waals surface area contributed by atoms with Gasteiger partial charge in [0.15, 0.2) is 0 Å². The van der Waals surface area contributed by atoms with E-state index in [0.29, 0.717) is 0 Å². The summed E-state index contributed by atoms with van der Waals surface area (Å²) in [6.07, 6.45) is -0.294. The second-order valence-electron chi connectivity index (χ2n) is 1.17. The normalized spacial score (nSPS) is 16.9. The first-order valence-electron chi connectivity index (χ1n) is 1.82. The second-order valence-corrected chi connectivity index (χ2v) is 3.04. The Kier molecular flexibility index (Phi) is 4.76. The van der Waals surface area contributed by atoms with Gasteiger partial charge in [-0.1, -0.05) is 22.6 Å². The molecule has 1 nitrogen and oxygen atoms in total. The summed E-state index contributed by atoms with van der Waals surface area (Å²) >= 11 is 4.20. The lowest BCUT2D eigenvalue weighted by atomic mass is 10.4. The quantitative estimate of drug-likeness (QED) is 0.733. The SMILES string of the molecule is CC(O)/C(I)=C\I. The molecule has 1 atom stereocenters. The highest BCUT2D eigenvalue weighted by atomic mass is 127. The van der Waals surface area contributed by atoms with Gasteiger partial charge < -0.3 is 5.11 Å². The van der Waals surface area contributed by atoms with Crippen molar-refractivity contribution >= 4 is 45.2 Å². The highest BCUT2D eigenvalue weighted by Gasteiger charge is 1.95. The van der Waals surface area contributed by atoms with Gasteiger partial charge in [0.05, 0.1) is 6.10 Å². The van der Waals surface area contributed by atoms with Crippen molar-refractivity contribution in [1.82, 2.24) is 0 Å². The van der Waals surface area contributed by atoms with E-state index in [1.54, 1.807) is 6.92 Å². The monoisotopic (exact) mass is 324 g/mol. The predicted molar refractivity (Wildman–Crippen MR) is 47.8 cm³/mol. The topological polar surface area (TPSA) is 20.2 Å². The largest absolute Gasteiger partial charge is 0.388 e. The molecule has 0 fully saturated rings. The zero-order valence-electron chi connectivity index (χ0n) is 3.86. The lowest BCUT2D eigenvalue weighted by molar-refractivity contribution is 0.242. The van der Waals surface area contributed by atoms with E-state index in [9.17, 15) is 0 Å². The Hall–Kier alpha value is 1.16. The minimum absolute atomic E-state index is 0.294. The molecule has 3 heteroatoms. The van der Waals surface area contributed by atoms with Crippen LogP contribution in [-0.2, 0) is 0 Å². The summed E-state index contributed by atoms with van der Waals surface area (Å²) in [5, 5.41) is 8.74. The van der Waals surface area contributed by atoms with Crippen LogP contribution in [0.4, 0.5) is 0 Å². The maximum Gasteiger partial charge on any atom is 0.0823 e. The first-order chi connectivity index (χ1) is 3.18. The molecule has 7 heavy (non-hydrogen) atoms.